The Hall–Kier alpha value is -1.72. The molecule has 3 nitrogen and oxygen atoms in total. The maximum absolute atomic E-state index is 6.43. The van der Waals surface area contributed by atoms with Gasteiger partial charge in [0.15, 0.2) is 11.5 Å². The molecule has 0 aliphatic carbocycles. The number of benzene rings is 2. The fraction of sp³-hybridized carbons (Fsp3) is 0.200. The zero-order chi connectivity index (χ0) is 18.4. The van der Waals surface area contributed by atoms with Gasteiger partial charge in [0.1, 0.15) is 6.61 Å². The van der Waals surface area contributed by atoms with E-state index in [0.717, 1.165) is 17.7 Å². The van der Waals surface area contributed by atoms with Gasteiger partial charge in [-0.25, -0.2) is 0 Å². The Morgan fingerprint density at radius 2 is 1.77 bits per heavy atom. The fourth-order valence-corrected chi connectivity index (χ4v) is 3.57. The summed E-state index contributed by atoms with van der Waals surface area (Å²) >= 11 is 14.3. The minimum absolute atomic E-state index is 0.350. The van der Waals surface area contributed by atoms with Crippen LogP contribution < -0.4 is 14.8 Å². The molecule has 0 radical (unpaired) electrons. The van der Waals surface area contributed by atoms with Crippen molar-refractivity contribution in [2.45, 2.75) is 19.7 Å². The Balaban J connectivity index is 1.67. The number of hydrogen-bond acceptors (Lipinski definition) is 4. The lowest BCUT2D eigenvalue weighted by molar-refractivity contribution is 0.284. The first-order valence-electron chi connectivity index (χ1n) is 8.13. The van der Waals surface area contributed by atoms with Crippen molar-refractivity contribution in [3.8, 4) is 11.5 Å². The molecule has 1 heterocycles. The van der Waals surface area contributed by atoms with E-state index in [1.54, 1.807) is 24.5 Å². The quantitative estimate of drug-likeness (QED) is 0.501. The molecule has 0 atom stereocenters. The Bertz CT molecular complexity index is 853. The Kier molecular flexibility index (Phi) is 6.80. The smallest absolute Gasteiger partial charge is 0.163 e. The van der Waals surface area contributed by atoms with E-state index in [1.807, 2.05) is 36.4 Å². The van der Waals surface area contributed by atoms with E-state index >= 15 is 0 Å². The third-order valence-electron chi connectivity index (χ3n) is 3.87. The molecule has 26 heavy (non-hydrogen) atoms. The van der Waals surface area contributed by atoms with Crippen molar-refractivity contribution in [1.82, 2.24) is 5.32 Å². The van der Waals surface area contributed by atoms with Gasteiger partial charge >= 0.3 is 0 Å². The predicted molar refractivity (Wildman–Crippen MR) is 109 cm³/mol. The molecule has 0 aliphatic rings. The summed E-state index contributed by atoms with van der Waals surface area (Å²) in [6.07, 6.45) is 0. The summed E-state index contributed by atoms with van der Waals surface area (Å²) in [5, 5.41) is 6.77. The molecule has 2 aromatic carbocycles. The molecule has 0 unspecified atom stereocenters. The highest BCUT2D eigenvalue weighted by Gasteiger charge is 2.11. The van der Waals surface area contributed by atoms with Crippen molar-refractivity contribution in [1.29, 1.82) is 0 Å². The van der Waals surface area contributed by atoms with Crippen LogP contribution in [0.2, 0.25) is 10.0 Å². The van der Waals surface area contributed by atoms with Gasteiger partial charge in [0.25, 0.3) is 0 Å². The summed E-state index contributed by atoms with van der Waals surface area (Å²) in [4.78, 5) is 1.28. The molecule has 6 heteroatoms. The molecule has 0 fully saturated rings. The normalized spacial score (nSPS) is 10.7. The van der Waals surface area contributed by atoms with Crippen LogP contribution in [0, 0.1) is 0 Å². The summed E-state index contributed by atoms with van der Waals surface area (Å²) in [5.41, 5.74) is 1.87. The number of halogens is 2. The first-order chi connectivity index (χ1) is 12.7. The average Bonchev–Trinajstić information content (AvgIpc) is 3.16. The molecule has 0 saturated carbocycles. The van der Waals surface area contributed by atoms with Crippen molar-refractivity contribution in [2.75, 3.05) is 7.11 Å². The molecule has 1 aromatic heterocycles. The van der Waals surface area contributed by atoms with Crippen LogP contribution in [0.3, 0.4) is 0 Å². The minimum Gasteiger partial charge on any atom is -0.493 e. The van der Waals surface area contributed by atoms with Crippen molar-refractivity contribution in [3.05, 3.63) is 80.0 Å². The van der Waals surface area contributed by atoms with E-state index in [-0.39, 0.29) is 0 Å². The van der Waals surface area contributed by atoms with Crippen LogP contribution in [0.4, 0.5) is 0 Å². The van der Waals surface area contributed by atoms with Crippen molar-refractivity contribution >= 4 is 34.5 Å². The zero-order valence-corrected chi connectivity index (χ0v) is 16.6. The average molecular weight is 408 g/mol. The fourth-order valence-electron chi connectivity index (χ4n) is 2.49. The van der Waals surface area contributed by atoms with E-state index < -0.39 is 0 Å². The molecule has 3 aromatic rings. The maximum Gasteiger partial charge on any atom is 0.163 e. The lowest BCUT2D eigenvalue weighted by Gasteiger charge is -2.14. The van der Waals surface area contributed by atoms with Gasteiger partial charge in [-0.2, -0.15) is 0 Å². The van der Waals surface area contributed by atoms with Crippen LogP contribution in [0.15, 0.2) is 53.9 Å². The molecule has 0 bridgehead atoms. The maximum atomic E-state index is 6.43. The van der Waals surface area contributed by atoms with Gasteiger partial charge in [-0.3, -0.25) is 0 Å². The number of thiophene rings is 1. The van der Waals surface area contributed by atoms with Crippen molar-refractivity contribution in [3.63, 3.8) is 0 Å². The van der Waals surface area contributed by atoms with E-state index in [1.165, 1.54) is 4.88 Å². The second kappa shape index (κ2) is 9.28. The molecular formula is C20H19Cl2NO2S. The highest BCUT2D eigenvalue weighted by molar-refractivity contribution is 7.09. The monoisotopic (exact) mass is 407 g/mol. The number of nitrogens with one attached hydrogen (secondary N) is 1. The van der Waals surface area contributed by atoms with Crippen LogP contribution in [0.1, 0.15) is 16.0 Å². The summed E-state index contributed by atoms with van der Waals surface area (Å²) in [7, 11) is 1.62. The Morgan fingerprint density at radius 3 is 2.50 bits per heavy atom. The van der Waals surface area contributed by atoms with Gasteiger partial charge < -0.3 is 14.8 Å². The lowest BCUT2D eigenvalue weighted by atomic mass is 10.2. The molecular weight excluding hydrogens is 389 g/mol. The summed E-state index contributed by atoms with van der Waals surface area (Å²) < 4.78 is 11.4. The SMILES string of the molecule is COc1cc(CNCc2cccs2)c(Cl)cc1OCc1ccccc1Cl. The first kappa shape index (κ1) is 19.1. The van der Waals surface area contributed by atoms with Crippen LogP contribution in [0.5, 0.6) is 11.5 Å². The van der Waals surface area contributed by atoms with Crippen molar-refractivity contribution in [2.24, 2.45) is 0 Å². The third kappa shape index (κ3) is 4.92. The van der Waals surface area contributed by atoms with Crippen LogP contribution in [-0.4, -0.2) is 7.11 Å². The molecule has 0 spiro atoms. The highest BCUT2D eigenvalue weighted by Crippen LogP contribution is 2.34. The molecule has 0 saturated heterocycles. The number of ether oxygens (including phenoxy) is 2. The van der Waals surface area contributed by atoms with Crippen molar-refractivity contribution < 1.29 is 9.47 Å². The predicted octanol–water partition coefficient (Wildman–Crippen LogP) is 5.93. The van der Waals surface area contributed by atoms with Gasteiger partial charge in [-0.05, 0) is 29.1 Å². The minimum atomic E-state index is 0.350. The van der Waals surface area contributed by atoms with Crippen LogP contribution in [-0.2, 0) is 19.7 Å². The third-order valence-corrected chi connectivity index (χ3v) is 5.47. The van der Waals surface area contributed by atoms with Crippen LogP contribution in [0.25, 0.3) is 0 Å². The summed E-state index contributed by atoms with van der Waals surface area (Å²) in [6, 6.07) is 15.4. The first-order valence-corrected chi connectivity index (χ1v) is 9.76. The molecule has 136 valence electrons. The second-order valence-corrected chi connectivity index (χ2v) is 7.50. The zero-order valence-electron chi connectivity index (χ0n) is 14.3. The number of hydrogen-bond donors (Lipinski definition) is 1. The molecule has 1 N–H and O–H groups in total. The second-order valence-electron chi connectivity index (χ2n) is 5.66. The van der Waals surface area contributed by atoms with Gasteiger partial charge in [0, 0.05) is 39.6 Å². The molecule has 3 rings (SSSR count). The van der Waals surface area contributed by atoms with Crippen LogP contribution >= 0.6 is 34.5 Å². The van der Waals surface area contributed by atoms with Gasteiger partial charge in [0.2, 0.25) is 0 Å². The van der Waals surface area contributed by atoms with E-state index in [2.05, 4.69) is 16.8 Å². The van der Waals surface area contributed by atoms with E-state index in [9.17, 15) is 0 Å². The topological polar surface area (TPSA) is 30.5 Å². The number of rotatable bonds is 8. The van der Waals surface area contributed by atoms with Gasteiger partial charge in [-0.1, -0.05) is 47.5 Å². The highest BCUT2D eigenvalue weighted by atomic mass is 35.5. The van der Waals surface area contributed by atoms with Gasteiger partial charge in [-0.15, -0.1) is 11.3 Å². The van der Waals surface area contributed by atoms with E-state index in [4.69, 9.17) is 32.7 Å². The summed E-state index contributed by atoms with van der Waals surface area (Å²) in [6.45, 7) is 1.81. The number of methoxy groups -OCH3 is 1. The lowest BCUT2D eigenvalue weighted by Crippen LogP contribution is -2.12. The standard InChI is InChI=1S/C20H19Cl2NO2S/c1-24-19-9-15(11-23-12-16-6-4-8-26-16)18(22)10-20(19)25-13-14-5-2-3-7-17(14)21/h2-10,23H,11-13H2,1H3. The molecule has 0 aliphatic heterocycles. The van der Waals surface area contributed by atoms with Gasteiger partial charge in [0.05, 0.1) is 7.11 Å². The molecule has 0 amide bonds. The van der Waals surface area contributed by atoms with E-state index in [0.29, 0.717) is 34.7 Å². The Morgan fingerprint density at radius 1 is 0.923 bits per heavy atom. The Labute approximate surface area is 167 Å². The largest absolute Gasteiger partial charge is 0.493 e. The summed E-state index contributed by atoms with van der Waals surface area (Å²) in [5.74, 6) is 1.24.